The first-order valence-corrected chi connectivity index (χ1v) is 4.62. The van der Waals surface area contributed by atoms with E-state index in [2.05, 4.69) is 5.32 Å². The fraction of sp³-hybridized carbons (Fsp3) is 1.00. The van der Waals surface area contributed by atoms with Crippen LogP contribution in [0, 0.1) is 0 Å². The van der Waals surface area contributed by atoms with Gasteiger partial charge in [-0.15, -0.1) is 0 Å². The Balaban J connectivity index is 2.74. The molecular formula is C9H17F2NO. The zero-order chi connectivity index (χ0) is 10.1. The third-order valence-electron chi connectivity index (χ3n) is 2.68. The van der Waals surface area contributed by atoms with Crippen LogP contribution in [-0.2, 0) is 4.74 Å². The molecule has 0 amide bonds. The second-order valence-corrected chi connectivity index (χ2v) is 3.87. The van der Waals surface area contributed by atoms with Crippen molar-refractivity contribution in [1.82, 2.24) is 5.32 Å². The van der Waals surface area contributed by atoms with Crippen molar-refractivity contribution in [3.05, 3.63) is 0 Å². The zero-order valence-electron chi connectivity index (χ0n) is 8.31. The summed E-state index contributed by atoms with van der Waals surface area (Å²) in [5.74, 6) is 0. The lowest BCUT2D eigenvalue weighted by atomic mass is 9.84. The van der Waals surface area contributed by atoms with Crippen molar-refractivity contribution in [1.29, 1.82) is 0 Å². The normalized spacial score (nSPS) is 41.1. The molecule has 1 saturated heterocycles. The Labute approximate surface area is 77.6 Å². The highest BCUT2D eigenvalue weighted by atomic mass is 19.3. The summed E-state index contributed by atoms with van der Waals surface area (Å²) in [6, 6.07) is 0. The van der Waals surface area contributed by atoms with Crippen LogP contribution in [0.3, 0.4) is 0 Å². The number of alkyl halides is 2. The van der Waals surface area contributed by atoms with Crippen molar-refractivity contribution in [2.75, 3.05) is 7.05 Å². The molecule has 2 atom stereocenters. The Kier molecular flexibility index (Phi) is 3.24. The van der Waals surface area contributed by atoms with E-state index in [0.717, 1.165) is 0 Å². The van der Waals surface area contributed by atoms with E-state index in [0.29, 0.717) is 12.8 Å². The predicted molar refractivity (Wildman–Crippen MR) is 47.0 cm³/mol. The van der Waals surface area contributed by atoms with E-state index in [-0.39, 0.29) is 12.2 Å². The fourth-order valence-electron chi connectivity index (χ4n) is 2.09. The van der Waals surface area contributed by atoms with E-state index in [1.54, 1.807) is 7.05 Å². The molecule has 0 spiro atoms. The molecule has 2 nitrogen and oxygen atoms in total. The number of hydrogen-bond donors (Lipinski definition) is 1. The first kappa shape index (κ1) is 10.9. The van der Waals surface area contributed by atoms with Gasteiger partial charge in [-0.2, -0.15) is 0 Å². The smallest absolute Gasteiger partial charge is 0.256 e. The molecule has 0 bridgehead atoms. The molecule has 1 aliphatic rings. The van der Waals surface area contributed by atoms with Crippen molar-refractivity contribution in [3.8, 4) is 0 Å². The number of ether oxygens (including phenoxy) is 1. The molecular weight excluding hydrogens is 176 g/mol. The molecule has 0 aliphatic carbocycles. The van der Waals surface area contributed by atoms with Gasteiger partial charge >= 0.3 is 0 Å². The number of nitrogens with one attached hydrogen (secondary N) is 1. The van der Waals surface area contributed by atoms with Crippen LogP contribution in [0.4, 0.5) is 8.78 Å². The second kappa shape index (κ2) is 3.88. The maximum Gasteiger partial charge on any atom is 0.256 e. The SMILES string of the molecule is CNC1(C(F)F)CC(C)OC(C)C1. The van der Waals surface area contributed by atoms with Gasteiger partial charge in [0.15, 0.2) is 0 Å². The van der Waals surface area contributed by atoms with Crippen LogP contribution in [0.25, 0.3) is 0 Å². The standard InChI is InChI=1S/C9H17F2NO/c1-6-4-9(12-3,8(10)11)5-7(2)13-6/h6-8,12H,4-5H2,1-3H3. The van der Waals surface area contributed by atoms with E-state index in [4.69, 9.17) is 4.74 Å². The number of halogens is 2. The van der Waals surface area contributed by atoms with E-state index in [9.17, 15) is 8.78 Å². The fourth-order valence-corrected chi connectivity index (χ4v) is 2.09. The van der Waals surface area contributed by atoms with Crippen LogP contribution in [0.2, 0.25) is 0 Å². The molecule has 0 aromatic carbocycles. The molecule has 0 aromatic rings. The maximum absolute atomic E-state index is 12.8. The minimum absolute atomic E-state index is 0.0924. The summed E-state index contributed by atoms with van der Waals surface area (Å²) in [6.45, 7) is 3.67. The first-order chi connectivity index (χ1) is 6.00. The van der Waals surface area contributed by atoms with Crippen molar-refractivity contribution >= 4 is 0 Å². The van der Waals surface area contributed by atoms with E-state index in [1.807, 2.05) is 13.8 Å². The lowest BCUT2D eigenvalue weighted by Crippen LogP contribution is -2.56. The quantitative estimate of drug-likeness (QED) is 0.722. The van der Waals surface area contributed by atoms with E-state index in [1.165, 1.54) is 0 Å². The third-order valence-corrected chi connectivity index (χ3v) is 2.68. The average molecular weight is 193 g/mol. The predicted octanol–water partition coefficient (Wildman–Crippen LogP) is 1.80. The molecule has 1 heterocycles. The molecule has 13 heavy (non-hydrogen) atoms. The van der Waals surface area contributed by atoms with Gasteiger partial charge in [-0.1, -0.05) is 0 Å². The number of hydrogen-bond acceptors (Lipinski definition) is 2. The summed E-state index contributed by atoms with van der Waals surface area (Å²) in [4.78, 5) is 0. The second-order valence-electron chi connectivity index (χ2n) is 3.87. The van der Waals surface area contributed by atoms with Crippen LogP contribution in [-0.4, -0.2) is 31.2 Å². The topological polar surface area (TPSA) is 21.3 Å². The van der Waals surface area contributed by atoms with Gasteiger partial charge in [0.1, 0.15) is 0 Å². The summed E-state index contributed by atoms with van der Waals surface area (Å²) in [5, 5.41) is 2.75. The Hall–Kier alpha value is -0.220. The van der Waals surface area contributed by atoms with Gasteiger partial charge in [0.2, 0.25) is 0 Å². The average Bonchev–Trinajstić information content (AvgIpc) is 2.02. The van der Waals surface area contributed by atoms with Gasteiger partial charge < -0.3 is 10.1 Å². The molecule has 78 valence electrons. The Morgan fingerprint density at radius 1 is 1.31 bits per heavy atom. The van der Waals surface area contributed by atoms with Crippen LogP contribution in [0.15, 0.2) is 0 Å². The van der Waals surface area contributed by atoms with Crippen molar-refractivity contribution in [2.24, 2.45) is 0 Å². The molecule has 0 saturated carbocycles. The highest BCUT2D eigenvalue weighted by Gasteiger charge is 2.44. The van der Waals surface area contributed by atoms with Gasteiger partial charge in [-0.25, -0.2) is 8.78 Å². The first-order valence-electron chi connectivity index (χ1n) is 4.62. The lowest BCUT2D eigenvalue weighted by molar-refractivity contribution is -0.109. The molecule has 1 rings (SSSR count). The van der Waals surface area contributed by atoms with Gasteiger partial charge in [0.05, 0.1) is 17.7 Å². The third kappa shape index (κ3) is 2.17. The van der Waals surface area contributed by atoms with Gasteiger partial charge in [0, 0.05) is 0 Å². The van der Waals surface area contributed by atoms with Crippen molar-refractivity contribution in [3.63, 3.8) is 0 Å². The molecule has 1 fully saturated rings. The largest absolute Gasteiger partial charge is 0.375 e. The summed E-state index contributed by atoms with van der Waals surface area (Å²) in [6.07, 6.45) is -1.75. The Morgan fingerprint density at radius 2 is 1.77 bits per heavy atom. The van der Waals surface area contributed by atoms with Crippen LogP contribution >= 0.6 is 0 Å². The molecule has 1 N–H and O–H groups in total. The minimum atomic E-state index is -2.33. The summed E-state index contributed by atoms with van der Waals surface area (Å²) < 4.78 is 31.0. The zero-order valence-corrected chi connectivity index (χ0v) is 8.31. The van der Waals surface area contributed by atoms with Gasteiger partial charge in [-0.05, 0) is 33.7 Å². The van der Waals surface area contributed by atoms with Gasteiger partial charge in [0.25, 0.3) is 6.43 Å². The molecule has 4 heteroatoms. The summed E-state index contributed by atoms with van der Waals surface area (Å²) >= 11 is 0. The molecule has 1 aliphatic heterocycles. The summed E-state index contributed by atoms with van der Waals surface area (Å²) in [5.41, 5.74) is -1.04. The molecule has 2 unspecified atom stereocenters. The maximum atomic E-state index is 12.8. The van der Waals surface area contributed by atoms with Crippen LogP contribution in [0.5, 0.6) is 0 Å². The summed E-state index contributed by atoms with van der Waals surface area (Å²) in [7, 11) is 1.59. The van der Waals surface area contributed by atoms with E-state index < -0.39 is 12.0 Å². The number of rotatable bonds is 2. The Bertz CT molecular complexity index is 165. The van der Waals surface area contributed by atoms with E-state index >= 15 is 0 Å². The highest BCUT2D eigenvalue weighted by molar-refractivity contribution is 4.95. The molecule has 0 aromatic heterocycles. The minimum Gasteiger partial charge on any atom is -0.375 e. The highest BCUT2D eigenvalue weighted by Crippen LogP contribution is 2.33. The van der Waals surface area contributed by atoms with Crippen LogP contribution in [0.1, 0.15) is 26.7 Å². The van der Waals surface area contributed by atoms with Crippen molar-refractivity contribution in [2.45, 2.75) is 50.9 Å². The van der Waals surface area contributed by atoms with Gasteiger partial charge in [-0.3, -0.25) is 0 Å². The lowest BCUT2D eigenvalue weighted by Gasteiger charge is -2.42. The monoisotopic (exact) mass is 193 g/mol. The Morgan fingerprint density at radius 3 is 2.08 bits per heavy atom. The molecule has 0 radical (unpaired) electrons. The van der Waals surface area contributed by atoms with Crippen LogP contribution < -0.4 is 5.32 Å². The van der Waals surface area contributed by atoms with Crippen molar-refractivity contribution < 1.29 is 13.5 Å².